The highest BCUT2D eigenvalue weighted by Gasteiger charge is 2.07. The summed E-state index contributed by atoms with van der Waals surface area (Å²) in [6.07, 6.45) is 0.661. The van der Waals surface area contributed by atoms with Crippen molar-refractivity contribution < 1.29 is 9.90 Å². The highest BCUT2D eigenvalue weighted by molar-refractivity contribution is 5.89. The van der Waals surface area contributed by atoms with Crippen molar-refractivity contribution in [3.63, 3.8) is 0 Å². The maximum atomic E-state index is 11.5. The molecule has 0 saturated heterocycles. The summed E-state index contributed by atoms with van der Waals surface area (Å²) in [7, 11) is 3.33. The molecule has 4 heteroatoms. The quantitative estimate of drug-likeness (QED) is 0.900. The van der Waals surface area contributed by atoms with E-state index in [-0.39, 0.29) is 11.8 Å². The smallest absolute Gasteiger partial charge is 0.321 e. The Morgan fingerprint density at radius 2 is 1.85 bits per heavy atom. The first kappa shape index (κ1) is 13.9. The molecule has 0 heterocycles. The van der Waals surface area contributed by atoms with Gasteiger partial charge in [-0.25, -0.2) is 4.79 Å². The summed E-state index contributed by atoms with van der Waals surface area (Å²) in [5.41, 5.74) is 2.55. The molecule has 4 nitrogen and oxygen atoms in total. The Morgan fingerprint density at radius 1 is 1.15 bits per heavy atom. The number of urea groups is 1. The summed E-state index contributed by atoms with van der Waals surface area (Å²) in [6, 6.07) is 14.9. The molecule has 0 aliphatic heterocycles. The summed E-state index contributed by atoms with van der Waals surface area (Å²) < 4.78 is 0. The highest BCUT2D eigenvalue weighted by atomic mass is 16.3. The molecule has 0 aromatic heterocycles. The van der Waals surface area contributed by atoms with Crippen LogP contribution in [-0.2, 0) is 6.42 Å². The molecule has 0 atom stereocenters. The monoisotopic (exact) mass is 270 g/mol. The summed E-state index contributed by atoms with van der Waals surface area (Å²) >= 11 is 0. The molecule has 0 aliphatic rings. The largest absolute Gasteiger partial charge is 0.508 e. The minimum atomic E-state index is -0.222. The van der Waals surface area contributed by atoms with Crippen molar-refractivity contribution >= 4 is 11.7 Å². The number of nitrogens with zero attached hydrogens (tertiary/aromatic N) is 1. The molecule has 0 fully saturated rings. The van der Waals surface area contributed by atoms with Crippen LogP contribution < -0.4 is 5.32 Å². The number of anilines is 1. The Bertz CT molecular complexity index is 595. The van der Waals surface area contributed by atoms with Crippen molar-refractivity contribution in [1.82, 2.24) is 4.90 Å². The lowest BCUT2D eigenvalue weighted by Gasteiger charge is -2.13. The van der Waals surface area contributed by atoms with Crippen molar-refractivity contribution in [3.05, 3.63) is 59.7 Å². The number of hydrogen-bond acceptors (Lipinski definition) is 2. The van der Waals surface area contributed by atoms with Gasteiger partial charge in [0, 0.05) is 32.3 Å². The third kappa shape index (κ3) is 3.51. The number of carbonyl (C=O) groups is 1. The van der Waals surface area contributed by atoms with Gasteiger partial charge in [-0.15, -0.1) is 0 Å². The molecular weight excluding hydrogens is 252 g/mol. The van der Waals surface area contributed by atoms with Gasteiger partial charge < -0.3 is 15.3 Å². The van der Waals surface area contributed by atoms with E-state index in [0.29, 0.717) is 12.1 Å². The van der Waals surface area contributed by atoms with Gasteiger partial charge in [-0.1, -0.05) is 36.4 Å². The minimum absolute atomic E-state index is 0.186. The third-order valence-electron chi connectivity index (χ3n) is 2.98. The van der Waals surface area contributed by atoms with E-state index < -0.39 is 0 Å². The Morgan fingerprint density at radius 3 is 2.45 bits per heavy atom. The van der Waals surface area contributed by atoms with Crippen molar-refractivity contribution in [3.8, 4) is 5.75 Å². The topological polar surface area (TPSA) is 52.6 Å². The van der Waals surface area contributed by atoms with Crippen LogP contribution in [0.15, 0.2) is 48.5 Å². The molecule has 2 N–H and O–H groups in total. The van der Waals surface area contributed by atoms with Gasteiger partial charge in [-0.3, -0.25) is 0 Å². The van der Waals surface area contributed by atoms with Crippen LogP contribution in [-0.4, -0.2) is 30.1 Å². The fraction of sp³-hybridized carbons (Fsp3) is 0.188. The molecule has 0 spiro atoms. The highest BCUT2D eigenvalue weighted by Crippen LogP contribution is 2.24. The number of rotatable bonds is 3. The van der Waals surface area contributed by atoms with Crippen LogP contribution in [0.5, 0.6) is 5.75 Å². The molecule has 2 aromatic carbocycles. The van der Waals surface area contributed by atoms with E-state index in [0.717, 1.165) is 11.1 Å². The van der Waals surface area contributed by atoms with E-state index in [1.54, 1.807) is 26.2 Å². The van der Waals surface area contributed by atoms with Gasteiger partial charge in [0.2, 0.25) is 0 Å². The van der Waals surface area contributed by atoms with Crippen LogP contribution in [0.3, 0.4) is 0 Å². The fourth-order valence-electron chi connectivity index (χ4n) is 1.84. The Kier molecular flexibility index (Phi) is 4.25. The number of carbonyl (C=O) groups excluding carboxylic acids is 1. The van der Waals surface area contributed by atoms with E-state index in [9.17, 15) is 9.90 Å². The zero-order chi connectivity index (χ0) is 14.5. The van der Waals surface area contributed by atoms with Gasteiger partial charge in [-0.05, 0) is 17.2 Å². The van der Waals surface area contributed by atoms with Gasteiger partial charge in [0.15, 0.2) is 0 Å². The van der Waals surface area contributed by atoms with Gasteiger partial charge in [0.05, 0.1) is 0 Å². The summed E-state index contributed by atoms with van der Waals surface area (Å²) in [4.78, 5) is 13.0. The third-order valence-corrected chi connectivity index (χ3v) is 2.98. The molecule has 2 amide bonds. The minimum Gasteiger partial charge on any atom is -0.508 e. The van der Waals surface area contributed by atoms with Gasteiger partial charge in [0.1, 0.15) is 5.75 Å². The second-order valence-electron chi connectivity index (χ2n) is 4.83. The van der Waals surface area contributed by atoms with E-state index in [1.165, 1.54) is 4.90 Å². The molecular formula is C16H18N2O2. The summed E-state index contributed by atoms with van der Waals surface area (Å²) in [5, 5.41) is 12.7. The lowest BCUT2D eigenvalue weighted by molar-refractivity contribution is 0.230. The van der Waals surface area contributed by atoms with Crippen LogP contribution >= 0.6 is 0 Å². The number of hydrogen-bond donors (Lipinski definition) is 2. The van der Waals surface area contributed by atoms with Crippen LogP contribution in [0.2, 0.25) is 0 Å². The first-order valence-electron chi connectivity index (χ1n) is 6.40. The Hall–Kier alpha value is -2.49. The van der Waals surface area contributed by atoms with Crippen LogP contribution in [0.4, 0.5) is 10.5 Å². The zero-order valence-electron chi connectivity index (χ0n) is 11.6. The normalized spacial score (nSPS) is 10.1. The van der Waals surface area contributed by atoms with E-state index in [2.05, 4.69) is 5.32 Å². The molecule has 0 radical (unpaired) electrons. The summed E-state index contributed by atoms with van der Waals surface area (Å²) in [6.45, 7) is 0. The maximum Gasteiger partial charge on any atom is 0.321 e. The van der Waals surface area contributed by atoms with Crippen LogP contribution in [0.1, 0.15) is 11.1 Å². The van der Waals surface area contributed by atoms with Gasteiger partial charge >= 0.3 is 6.03 Å². The molecule has 104 valence electrons. The predicted molar refractivity (Wildman–Crippen MR) is 80.1 cm³/mol. The maximum absolute atomic E-state index is 11.5. The Labute approximate surface area is 118 Å². The molecule has 2 rings (SSSR count). The fourth-order valence-corrected chi connectivity index (χ4v) is 1.84. The second kappa shape index (κ2) is 6.10. The SMILES string of the molecule is CN(C)C(=O)Nc1ccc(Cc2ccccc2)c(O)c1. The van der Waals surface area contributed by atoms with Crippen LogP contribution in [0, 0.1) is 0 Å². The lowest BCUT2D eigenvalue weighted by atomic mass is 10.0. The average molecular weight is 270 g/mol. The van der Waals surface area contributed by atoms with Gasteiger partial charge in [-0.2, -0.15) is 0 Å². The van der Waals surface area contributed by atoms with Crippen molar-refractivity contribution in [2.45, 2.75) is 6.42 Å². The number of nitrogens with one attached hydrogen (secondary N) is 1. The van der Waals surface area contributed by atoms with Crippen molar-refractivity contribution in [2.75, 3.05) is 19.4 Å². The van der Waals surface area contributed by atoms with E-state index in [1.807, 2.05) is 36.4 Å². The van der Waals surface area contributed by atoms with Crippen molar-refractivity contribution in [1.29, 1.82) is 0 Å². The number of phenols is 1. The van der Waals surface area contributed by atoms with E-state index in [4.69, 9.17) is 0 Å². The molecule has 0 bridgehead atoms. The van der Waals surface area contributed by atoms with Crippen LogP contribution in [0.25, 0.3) is 0 Å². The predicted octanol–water partition coefficient (Wildman–Crippen LogP) is 3.08. The average Bonchev–Trinajstić information content (AvgIpc) is 2.43. The Balaban J connectivity index is 2.12. The lowest BCUT2D eigenvalue weighted by Crippen LogP contribution is -2.27. The zero-order valence-corrected chi connectivity index (χ0v) is 11.6. The molecule has 2 aromatic rings. The second-order valence-corrected chi connectivity index (χ2v) is 4.83. The molecule has 0 aliphatic carbocycles. The van der Waals surface area contributed by atoms with Gasteiger partial charge in [0.25, 0.3) is 0 Å². The molecule has 0 saturated carbocycles. The van der Waals surface area contributed by atoms with Crippen molar-refractivity contribution in [2.24, 2.45) is 0 Å². The number of phenolic OH excluding ortho intramolecular Hbond substituents is 1. The molecule has 0 unspecified atom stereocenters. The molecule has 20 heavy (non-hydrogen) atoms. The summed E-state index contributed by atoms with van der Waals surface area (Å²) in [5.74, 6) is 0.186. The first-order valence-corrected chi connectivity index (χ1v) is 6.40. The number of amides is 2. The number of benzene rings is 2. The number of aromatic hydroxyl groups is 1. The first-order chi connectivity index (χ1) is 9.56. The standard InChI is InChI=1S/C16H18N2O2/c1-18(2)16(20)17-14-9-8-13(15(19)11-14)10-12-6-4-3-5-7-12/h3-9,11,19H,10H2,1-2H3,(H,17,20). The van der Waals surface area contributed by atoms with E-state index >= 15 is 0 Å².